The van der Waals surface area contributed by atoms with Gasteiger partial charge in [0.05, 0.1) is 5.52 Å². The van der Waals surface area contributed by atoms with Crippen LogP contribution in [0, 0.1) is 13.8 Å². The van der Waals surface area contributed by atoms with Crippen molar-refractivity contribution in [1.82, 2.24) is 18.8 Å². The third-order valence-corrected chi connectivity index (χ3v) is 6.78. The Labute approximate surface area is 176 Å². The second kappa shape index (κ2) is 7.09. The van der Waals surface area contributed by atoms with Crippen molar-refractivity contribution >= 4 is 34.2 Å². The van der Waals surface area contributed by atoms with Gasteiger partial charge in [-0.1, -0.05) is 12.1 Å². The number of aromatic amines is 1. The molecule has 5 rings (SSSR count). The summed E-state index contributed by atoms with van der Waals surface area (Å²) >= 11 is 0.992. The van der Waals surface area contributed by atoms with Crippen molar-refractivity contribution in [2.24, 2.45) is 0 Å². The topological polar surface area (TPSA) is 91.3 Å². The maximum atomic E-state index is 13.1. The lowest BCUT2D eigenvalue weighted by atomic mass is 10.1. The Morgan fingerprint density at radius 3 is 2.57 bits per heavy atom. The van der Waals surface area contributed by atoms with E-state index in [1.54, 1.807) is 4.90 Å². The van der Waals surface area contributed by atoms with Gasteiger partial charge in [0, 0.05) is 37.9 Å². The lowest BCUT2D eigenvalue weighted by Gasteiger charge is -2.36. The van der Waals surface area contributed by atoms with Gasteiger partial charge in [0.2, 0.25) is 0 Å². The number of nitrogens with one attached hydrogen (secondary N) is 1. The number of fused-ring (bicyclic) bond motifs is 1. The number of H-pyrrole nitrogens is 1. The number of nitrogens with zero attached hydrogens (tertiary/aromatic N) is 4. The smallest absolute Gasteiger partial charge is 0.329 e. The molecule has 0 spiro atoms. The quantitative estimate of drug-likeness (QED) is 0.694. The molecule has 0 bridgehead atoms. The predicted molar refractivity (Wildman–Crippen MR) is 117 cm³/mol. The minimum Gasteiger partial charge on any atom is -0.368 e. The van der Waals surface area contributed by atoms with Crippen LogP contribution in [0.3, 0.4) is 0 Å². The summed E-state index contributed by atoms with van der Waals surface area (Å²) in [5.74, 6) is -0.178. The molecular formula is C21H23N5O3S. The average Bonchev–Trinajstić information content (AvgIpc) is 3.48. The molecule has 2 aliphatic rings. The summed E-state index contributed by atoms with van der Waals surface area (Å²) in [6, 6.07) is 6.37. The number of rotatable bonds is 3. The molecule has 2 fully saturated rings. The molecule has 1 saturated carbocycles. The van der Waals surface area contributed by atoms with Crippen LogP contribution in [0.5, 0.6) is 0 Å². The summed E-state index contributed by atoms with van der Waals surface area (Å²) in [7, 11) is 0. The van der Waals surface area contributed by atoms with E-state index in [0.717, 1.165) is 37.5 Å². The van der Waals surface area contributed by atoms with Crippen molar-refractivity contribution in [3.63, 3.8) is 0 Å². The van der Waals surface area contributed by atoms with Crippen molar-refractivity contribution in [2.75, 3.05) is 31.1 Å². The molecule has 2 aromatic heterocycles. The van der Waals surface area contributed by atoms with Gasteiger partial charge in [-0.25, -0.2) is 4.79 Å². The number of carbonyl (C=O) groups is 1. The van der Waals surface area contributed by atoms with Gasteiger partial charge in [-0.2, -0.15) is 4.37 Å². The lowest BCUT2D eigenvalue weighted by Crippen LogP contribution is -2.49. The average molecular weight is 426 g/mol. The number of carbonyl (C=O) groups excluding carboxylic acids is 1. The van der Waals surface area contributed by atoms with E-state index in [1.165, 1.54) is 21.4 Å². The van der Waals surface area contributed by atoms with Crippen LogP contribution in [-0.2, 0) is 0 Å². The fourth-order valence-electron chi connectivity index (χ4n) is 4.09. The molecule has 8 nitrogen and oxygen atoms in total. The molecule has 1 aliphatic carbocycles. The summed E-state index contributed by atoms with van der Waals surface area (Å²) < 4.78 is 5.45. The molecule has 0 unspecified atom stereocenters. The summed E-state index contributed by atoms with van der Waals surface area (Å²) in [5, 5.41) is 0. The van der Waals surface area contributed by atoms with Crippen molar-refractivity contribution in [3.05, 3.63) is 55.0 Å². The zero-order valence-corrected chi connectivity index (χ0v) is 17.8. The molecule has 156 valence electrons. The zero-order chi connectivity index (χ0) is 21.0. The number of amides is 1. The van der Waals surface area contributed by atoms with Crippen LogP contribution in [0.4, 0.5) is 5.69 Å². The highest BCUT2D eigenvalue weighted by molar-refractivity contribution is 7.09. The van der Waals surface area contributed by atoms with Crippen LogP contribution in [0.15, 0.2) is 27.8 Å². The van der Waals surface area contributed by atoms with Crippen LogP contribution in [0.2, 0.25) is 0 Å². The van der Waals surface area contributed by atoms with E-state index >= 15 is 0 Å². The SMILES string of the molecule is Cc1ccc(C)c(N2CCN(C(=O)c3snc4c(=O)n(C5CC5)c(=O)[nH]c34)CC2)c1. The van der Waals surface area contributed by atoms with Crippen LogP contribution in [0.1, 0.15) is 39.7 Å². The van der Waals surface area contributed by atoms with Gasteiger partial charge in [-0.15, -0.1) is 0 Å². The molecule has 3 aromatic rings. The molecule has 1 N–H and O–H groups in total. The summed E-state index contributed by atoms with van der Waals surface area (Å²) in [5.41, 5.74) is 3.24. The first kappa shape index (κ1) is 19.0. The highest BCUT2D eigenvalue weighted by atomic mass is 32.1. The van der Waals surface area contributed by atoms with Crippen molar-refractivity contribution < 1.29 is 4.79 Å². The zero-order valence-electron chi connectivity index (χ0n) is 17.0. The molecule has 0 radical (unpaired) electrons. The van der Waals surface area contributed by atoms with E-state index in [-0.39, 0.29) is 23.0 Å². The van der Waals surface area contributed by atoms with E-state index in [1.807, 2.05) is 0 Å². The Bertz CT molecular complexity index is 1260. The second-order valence-electron chi connectivity index (χ2n) is 8.14. The molecule has 3 heterocycles. The number of hydrogen-bond acceptors (Lipinski definition) is 6. The van der Waals surface area contributed by atoms with Crippen molar-refractivity contribution in [3.8, 4) is 0 Å². The minimum absolute atomic E-state index is 0.0374. The predicted octanol–water partition coefficient (Wildman–Crippen LogP) is 2.06. The fourth-order valence-corrected chi connectivity index (χ4v) is 4.89. The molecule has 1 saturated heterocycles. The molecule has 9 heteroatoms. The molecule has 1 aromatic carbocycles. The third-order valence-electron chi connectivity index (χ3n) is 5.94. The monoisotopic (exact) mass is 425 g/mol. The van der Waals surface area contributed by atoms with Gasteiger partial charge >= 0.3 is 5.69 Å². The van der Waals surface area contributed by atoms with Crippen molar-refractivity contribution in [2.45, 2.75) is 32.7 Å². The first-order valence-electron chi connectivity index (χ1n) is 10.2. The Morgan fingerprint density at radius 1 is 1.13 bits per heavy atom. The molecule has 1 amide bonds. The first-order valence-corrected chi connectivity index (χ1v) is 11.0. The largest absolute Gasteiger partial charge is 0.368 e. The van der Waals surface area contributed by atoms with Crippen molar-refractivity contribution in [1.29, 1.82) is 0 Å². The molecule has 0 atom stereocenters. The third kappa shape index (κ3) is 3.13. The number of aromatic nitrogens is 3. The van der Waals surface area contributed by atoms with E-state index in [2.05, 4.69) is 46.3 Å². The highest BCUT2D eigenvalue weighted by Crippen LogP contribution is 2.32. The minimum atomic E-state index is -0.455. The standard InChI is InChI=1S/C21H23N5O3S/c1-12-3-4-13(2)15(11-12)24-7-9-25(10-8-24)20(28)18-16-17(23-30-18)19(27)26(14-5-6-14)21(29)22-16/h3-4,11,14H,5-10H2,1-2H3,(H,22,29). The normalized spacial score (nSPS) is 17.0. The molecular weight excluding hydrogens is 402 g/mol. The van der Waals surface area contributed by atoms with Gasteiger partial charge in [-0.05, 0) is 55.4 Å². The Kier molecular flexibility index (Phi) is 4.50. The van der Waals surface area contributed by atoms with E-state index < -0.39 is 11.2 Å². The number of anilines is 1. The Balaban J connectivity index is 1.38. The van der Waals surface area contributed by atoms with Crippen LogP contribution in [0.25, 0.3) is 11.0 Å². The van der Waals surface area contributed by atoms with Gasteiger partial charge in [0.25, 0.3) is 11.5 Å². The number of aryl methyl sites for hydroxylation is 2. The summed E-state index contributed by atoms with van der Waals surface area (Å²) in [4.78, 5) is 45.3. The first-order chi connectivity index (χ1) is 14.4. The van der Waals surface area contributed by atoms with Gasteiger partial charge in [-0.3, -0.25) is 14.2 Å². The summed E-state index contributed by atoms with van der Waals surface area (Å²) in [6.07, 6.45) is 1.66. The highest BCUT2D eigenvalue weighted by Gasteiger charge is 2.31. The number of hydrogen-bond donors (Lipinski definition) is 1. The van der Waals surface area contributed by atoms with Gasteiger partial charge in [0.15, 0.2) is 5.52 Å². The lowest BCUT2D eigenvalue weighted by molar-refractivity contribution is 0.0753. The Hall–Kier alpha value is -2.94. The fraction of sp³-hybridized carbons (Fsp3) is 0.429. The Morgan fingerprint density at radius 2 is 1.87 bits per heavy atom. The van der Waals surface area contributed by atoms with Crippen LogP contribution >= 0.6 is 11.5 Å². The number of benzene rings is 1. The second-order valence-corrected chi connectivity index (χ2v) is 8.91. The maximum absolute atomic E-state index is 13.1. The summed E-state index contributed by atoms with van der Waals surface area (Å²) in [6.45, 7) is 6.80. The molecule has 30 heavy (non-hydrogen) atoms. The number of piperazine rings is 1. The van der Waals surface area contributed by atoms with E-state index in [0.29, 0.717) is 18.0 Å². The van der Waals surface area contributed by atoms with E-state index in [9.17, 15) is 14.4 Å². The van der Waals surface area contributed by atoms with Gasteiger partial charge in [0.1, 0.15) is 4.88 Å². The van der Waals surface area contributed by atoms with E-state index in [4.69, 9.17) is 0 Å². The van der Waals surface area contributed by atoms with Crippen LogP contribution in [-0.4, -0.2) is 50.9 Å². The molecule has 1 aliphatic heterocycles. The van der Waals surface area contributed by atoms with Crippen LogP contribution < -0.4 is 16.1 Å². The van der Waals surface area contributed by atoms with Gasteiger partial charge < -0.3 is 14.8 Å². The maximum Gasteiger partial charge on any atom is 0.329 e.